The van der Waals surface area contributed by atoms with Crippen LogP contribution < -0.4 is 0 Å². The fourth-order valence-electron chi connectivity index (χ4n) is 3.68. The molecule has 1 unspecified atom stereocenters. The second-order valence-electron chi connectivity index (χ2n) is 7.36. The third-order valence-electron chi connectivity index (χ3n) is 5.17. The van der Waals surface area contributed by atoms with Gasteiger partial charge in [-0.15, -0.1) is 12.2 Å². The van der Waals surface area contributed by atoms with Crippen molar-refractivity contribution in [3.8, 4) is 0 Å². The first kappa shape index (κ1) is 20.5. The first-order chi connectivity index (χ1) is 14.7. The van der Waals surface area contributed by atoms with Crippen molar-refractivity contribution in [2.75, 3.05) is 0 Å². The molecular formula is C22H23N4PS3. The lowest BCUT2D eigenvalue weighted by Crippen LogP contribution is -2.15. The van der Waals surface area contributed by atoms with Gasteiger partial charge >= 0.3 is 0 Å². The van der Waals surface area contributed by atoms with Crippen LogP contribution in [0, 0.1) is 0 Å². The first-order valence-electron chi connectivity index (χ1n) is 10.1. The molecule has 0 radical (unpaired) electrons. The second-order valence-corrected chi connectivity index (χ2v) is 15.1. The fourth-order valence-corrected chi connectivity index (χ4v) is 9.66. The Bertz CT molecular complexity index is 1130. The first-order valence-corrected chi connectivity index (χ1v) is 15.5. The van der Waals surface area contributed by atoms with Gasteiger partial charge in [-0.3, -0.25) is 0 Å². The van der Waals surface area contributed by atoms with Gasteiger partial charge in [0.2, 0.25) is 0 Å². The van der Waals surface area contributed by atoms with Gasteiger partial charge in [0.1, 0.15) is 16.6 Å². The largest absolute Gasteiger partial charge is 0.324 e. The van der Waals surface area contributed by atoms with Crippen molar-refractivity contribution in [2.24, 2.45) is 9.51 Å². The summed E-state index contributed by atoms with van der Waals surface area (Å²) in [5, 5.41) is 1.05. The van der Waals surface area contributed by atoms with Gasteiger partial charge in [0, 0.05) is 24.5 Å². The standard InChI is InChI=1S/C22H23N4PS3/c28-27(30-16-18-11-5-2-6-12-18)24-21-20(26-14-8-7-13-19(26)23-21)22(25-27)29-15-17-9-3-1-4-10-17/h1-6,9-12,28H,7-8,13-16H2. The number of thioether (sulfide) groups is 1. The number of rotatable bonds is 5. The van der Waals surface area contributed by atoms with Gasteiger partial charge in [0.05, 0.1) is 0 Å². The van der Waals surface area contributed by atoms with Crippen molar-refractivity contribution in [2.45, 2.75) is 37.3 Å². The molecule has 8 heteroatoms. The topological polar surface area (TPSA) is 42.5 Å². The third kappa shape index (κ3) is 4.45. The lowest BCUT2D eigenvalue weighted by atomic mass is 10.2. The van der Waals surface area contributed by atoms with Crippen molar-refractivity contribution >= 4 is 51.9 Å². The van der Waals surface area contributed by atoms with Crippen molar-refractivity contribution in [3.05, 3.63) is 83.3 Å². The highest BCUT2D eigenvalue weighted by atomic mass is 33.1. The summed E-state index contributed by atoms with van der Waals surface area (Å²) >= 11 is 8.55. The molecule has 30 heavy (non-hydrogen) atoms. The molecule has 0 saturated carbocycles. The zero-order chi connectivity index (χ0) is 20.4. The van der Waals surface area contributed by atoms with Gasteiger partial charge in [0.15, 0.2) is 11.4 Å². The molecule has 1 atom stereocenters. The molecule has 4 nitrogen and oxygen atoms in total. The van der Waals surface area contributed by atoms with Gasteiger partial charge in [0.25, 0.3) is 0 Å². The van der Waals surface area contributed by atoms with E-state index in [1.54, 1.807) is 23.1 Å². The summed E-state index contributed by atoms with van der Waals surface area (Å²) in [5.41, 5.74) is 1.46. The normalized spacial score (nSPS) is 20.1. The van der Waals surface area contributed by atoms with Crippen LogP contribution in [0.2, 0.25) is 0 Å². The summed E-state index contributed by atoms with van der Waals surface area (Å²) in [5.74, 6) is 3.74. The predicted octanol–water partition coefficient (Wildman–Crippen LogP) is 7.35. The van der Waals surface area contributed by atoms with E-state index in [9.17, 15) is 0 Å². The minimum absolute atomic E-state index is 0.848. The Morgan fingerprint density at radius 3 is 2.37 bits per heavy atom. The Morgan fingerprint density at radius 2 is 1.63 bits per heavy atom. The molecular weight excluding hydrogens is 447 g/mol. The van der Waals surface area contributed by atoms with Crippen LogP contribution in [-0.4, -0.2) is 14.6 Å². The predicted molar refractivity (Wildman–Crippen MR) is 135 cm³/mol. The van der Waals surface area contributed by atoms with Crippen LogP contribution in [0.5, 0.6) is 0 Å². The zero-order valence-electron chi connectivity index (χ0n) is 16.5. The Morgan fingerprint density at radius 1 is 0.933 bits per heavy atom. The van der Waals surface area contributed by atoms with Crippen molar-refractivity contribution in [1.29, 1.82) is 0 Å². The second kappa shape index (κ2) is 8.99. The van der Waals surface area contributed by atoms with Crippen LogP contribution in [0.15, 0.2) is 70.2 Å². The highest BCUT2D eigenvalue weighted by Crippen LogP contribution is 2.71. The van der Waals surface area contributed by atoms with Crippen LogP contribution in [0.1, 0.15) is 35.5 Å². The van der Waals surface area contributed by atoms with Crippen LogP contribution in [-0.2, 0) is 24.5 Å². The SMILES string of the molecule is SP1(SCc2ccccc2)=Nc2nc3n(c2C(SCc2ccccc2)=N1)CCCC3. The number of fused-ring (bicyclic) bond motifs is 3. The minimum Gasteiger partial charge on any atom is -0.324 e. The molecule has 3 aromatic rings. The van der Waals surface area contributed by atoms with Gasteiger partial charge < -0.3 is 4.57 Å². The smallest absolute Gasteiger partial charge is 0.187 e. The molecule has 154 valence electrons. The van der Waals surface area contributed by atoms with Gasteiger partial charge in [-0.2, -0.15) is 0 Å². The Balaban J connectivity index is 1.48. The number of hydrogen-bond acceptors (Lipinski definition) is 5. The van der Waals surface area contributed by atoms with E-state index in [0.29, 0.717) is 0 Å². The fraction of sp³-hybridized carbons (Fsp3) is 0.273. The van der Waals surface area contributed by atoms with E-state index < -0.39 is 5.61 Å². The summed E-state index contributed by atoms with van der Waals surface area (Å²) in [6.45, 7) is 1.01. The molecule has 3 heterocycles. The zero-order valence-corrected chi connectivity index (χ0v) is 19.9. The van der Waals surface area contributed by atoms with Gasteiger partial charge in [-0.05, 0) is 24.0 Å². The summed E-state index contributed by atoms with van der Waals surface area (Å²) in [4.78, 5) is 4.91. The molecule has 1 aromatic heterocycles. The Labute approximate surface area is 191 Å². The molecule has 0 aliphatic carbocycles. The lowest BCUT2D eigenvalue weighted by Gasteiger charge is -2.22. The van der Waals surface area contributed by atoms with Crippen molar-refractivity contribution < 1.29 is 0 Å². The third-order valence-corrected chi connectivity index (χ3v) is 11.6. The quantitative estimate of drug-likeness (QED) is 0.313. The highest BCUT2D eigenvalue weighted by Gasteiger charge is 2.31. The molecule has 2 aliphatic rings. The monoisotopic (exact) mass is 470 g/mol. The van der Waals surface area contributed by atoms with E-state index in [4.69, 9.17) is 26.7 Å². The van der Waals surface area contributed by atoms with E-state index >= 15 is 0 Å². The van der Waals surface area contributed by atoms with Crippen LogP contribution >= 0.6 is 41.0 Å². The summed E-state index contributed by atoms with van der Waals surface area (Å²) < 4.78 is 12.5. The molecule has 0 N–H and O–H groups in total. The van der Waals surface area contributed by atoms with E-state index in [-0.39, 0.29) is 0 Å². The average molecular weight is 471 g/mol. The maximum Gasteiger partial charge on any atom is 0.187 e. The maximum absolute atomic E-state index is 5.16. The molecule has 0 saturated heterocycles. The number of benzene rings is 2. The molecule has 0 fully saturated rings. The number of imidazole rings is 1. The minimum atomic E-state index is -2.22. The average Bonchev–Trinajstić information content (AvgIpc) is 3.15. The van der Waals surface area contributed by atoms with E-state index in [1.807, 2.05) is 6.07 Å². The summed E-state index contributed by atoms with van der Waals surface area (Å²) in [7, 11) is 0. The van der Waals surface area contributed by atoms with Crippen LogP contribution in [0.25, 0.3) is 0 Å². The number of aryl methyl sites for hydroxylation is 1. The van der Waals surface area contributed by atoms with Gasteiger partial charge in [-0.25, -0.2) is 14.5 Å². The highest BCUT2D eigenvalue weighted by molar-refractivity contribution is 8.86. The van der Waals surface area contributed by atoms with Crippen LogP contribution in [0.3, 0.4) is 0 Å². The van der Waals surface area contributed by atoms with Crippen molar-refractivity contribution in [1.82, 2.24) is 9.55 Å². The maximum atomic E-state index is 5.16. The van der Waals surface area contributed by atoms with Crippen LogP contribution in [0.4, 0.5) is 5.82 Å². The van der Waals surface area contributed by atoms with E-state index in [0.717, 1.165) is 46.9 Å². The summed E-state index contributed by atoms with van der Waals surface area (Å²) in [6, 6.07) is 21.1. The number of hydrogen-bond donors (Lipinski definition) is 1. The number of thiol groups is 1. The molecule has 2 aliphatic heterocycles. The molecule has 0 bridgehead atoms. The Hall–Kier alpha value is -1.40. The summed E-state index contributed by atoms with van der Waals surface area (Å²) in [6.07, 6.45) is 3.41. The molecule has 0 spiro atoms. The number of aromatic nitrogens is 2. The number of nitrogens with zero attached hydrogens (tertiary/aromatic N) is 4. The molecule has 5 rings (SSSR count). The van der Waals surface area contributed by atoms with Crippen molar-refractivity contribution in [3.63, 3.8) is 0 Å². The lowest BCUT2D eigenvalue weighted by molar-refractivity contribution is 0.520. The van der Waals surface area contributed by atoms with Gasteiger partial charge in [-0.1, -0.05) is 83.8 Å². The molecule has 0 amide bonds. The van der Waals surface area contributed by atoms with E-state index in [2.05, 4.69) is 59.2 Å². The Kier molecular flexibility index (Phi) is 6.15. The molecule has 2 aromatic carbocycles. The van der Waals surface area contributed by atoms with E-state index in [1.165, 1.54) is 24.0 Å².